The van der Waals surface area contributed by atoms with Crippen LogP contribution in [0.25, 0.3) is 0 Å². The van der Waals surface area contributed by atoms with Crippen molar-refractivity contribution in [3.05, 3.63) is 29.3 Å². The van der Waals surface area contributed by atoms with E-state index in [0.29, 0.717) is 12.1 Å². The summed E-state index contributed by atoms with van der Waals surface area (Å²) >= 11 is 0. The molecular weight excluding hydrogens is 226 g/mol. The van der Waals surface area contributed by atoms with Crippen molar-refractivity contribution >= 4 is 0 Å². The van der Waals surface area contributed by atoms with Gasteiger partial charge in [-0.3, -0.25) is 0 Å². The molecule has 0 radical (unpaired) electrons. The first-order chi connectivity index (χ1) is 8.83. The van der Waals surface area contributed by atoms with Gasteiger partial charge in [-0.15, -0.1) is 0 Å². The van der Waals surface area contributed by atoms with E-state index in [1.165, 1.54) is 24.0 Å². The van der Waals surface area contributed by atoms with Gasteiger partial charge in [0.05, 0.1) is 13.2 Å². The fourth-order valence-electron chi connectivity index (χ4n) is 2.80. The summed E-state index contributed by atoms with van der Waals surface area (Å²) in [5.74, 6) is 1.06. The van der Waals surface area contributed by atoms with E-state index in [9.17, 15) is 0 Å². The van der Waals surface area contributed by atoms with Crippen molar-refractivity contribution in [3.8, 4) is 5.75 Å². The number of ether oxygens (including phenoxy) is 2. The Morgan fingerprint density at radius 3 is 3.11 bits per heavy atom. The zero-order chi connectivity index (χ0) is 12.4. The second-order valence-electron chi connectivity index (χ2n) is 5.27. The maximum Gasteiger partial charge on any atom is 0.122 e. The molecule has 3 nitrogen and oxygen atoms in total. The van der Waals surface area contributed by atoms with E-state index >= 15 is 0 Å². The lowest BCUT2D eigenvalue weighted by atomic mass is 10.0. The van der Waals surface area contributed by atoms with Crippen molar-refractivity contribution in [3.63, 3.8) is 0 Å². The van der Waals surface area contributed by atoms with Crippen LogP contribution in [0.15, 0.2) is 18.2 Å². The molecule has 2 unspecified atom stereocenters. The molecule has 2 atom stereocenters. The minimum atomic E-state index is 0.377. The molecule has 3 rings (SSSR count). The van der Waals surface area contributed by atoms with E-state index < -0.39 is 0 Å². The van der Waals surface area contributed by atoms with Crippen molar-refractivity contribution in [1.82, 2.24) is 5.32 Å². The standard InChI is InChI=1S/C15H21NO2/c1-11(16-14-3-2-7-17-10-14)12-4-5-15-13(9-12)6-8-18-15/h4-5,9,11,14,16H,2-3,6-8,10H2,1H3. The van der Waals surface area contributed by atoms with Crippen LogP contribution in [0.3, 0.4) is 0 Å². The highest BCUT2D eigenvalue weighted by Crippen LogP contribution is 2.28. The van der Waals surface area contributed by atoms with Crippen molar-refractivity contribution in [2.75, 3.05) is 19.8 Å². The summed E-state index contributed by atoms with van der Waals surface area (Å²) in [6.45, 7) is 4.82. The summed E-state index contributed by atoms with van der Waals surface area (Å²) in [6.07, 6.45) is 3.43. The molecule has 2 aliphatic rings. The average molecular weight is 247 g/mol. The lowest BCUT2D eigenvalue weighted by Gasteiger charge is -2.27. The fourth-order valence-corrected chi connectivity index (χ4v) is 2.80. The van der Waals surface area contributed by atoms with Crippen LogP contribution in [-0.4, -0.2) is 25.9 Å². The molecule has 98 valence electrons. The van der Waals surface area contributed by atoms with E-state index in [1.54, 1.807) is 0 Å². The summed E-state index contributed by atoms with van der Waals surface area (Å²) in [4.78, 5) is 0. The van der Waals surface area contributed by atoms with Gasteiger partial charge in [-0.25, -0.2) is 0 Å². The summed E-state index contributed by atoms with van der Waals surface area (Å²) in [6, 6.07) is 7.43. The molecule has 3 heteroatoms. The molecule has 1 fully saturated rings. The molecule has 0 saturated carbocycles. The van der Waals surface area contributed by atoms with E-state index in [4.69, 9.17) is 9.47 Å². The van der Waals surface area contributed by atoms with Gasteiger partial charge in [0.1, 0.15) is 5.75 Å². The Kier molecular flexibility index (Phi) is 3.52. The third-order valence-electron chi connectivity index (χ3n) is 3.86. The minimum Gasteiger partial charge on any atom is -0.493 e. The van der Waals surface area contributed by atoms with Crippen molar-refractivity contribution in [1.29, 1.82) is 0 Å². The van der Waals surface area contributed by atoms with Crippen LogP contribution < -0.4 is 10.1 Å². The molecule has 1 aromatic carbocycles. The van der Waals surface area contributed by atoms with Gasteiger partial charge in [-0.2, -0.15) is 0 Å². The van der Waals surface area contributed by atoms with Gasteiger partial charge in [0.25, 0.3) is 0 Å². The predicted molar refractivity (Wildman–Crippen MR) is 71.0 cm³/mol. The quantitative estimate of drug-likeness (QED) is 0.890. The van der Waals surface area contributed by atoms with Crippen LogP contribution in [0.2, 0.25) is 0 Å². The largest absolute Gasteiger partial charge is 0.493 e. The molecule has 18 heavy (non-hydrogen) atoms. The molecule has 1 aromatic rings. The Morgan fingerprint density at radius 1 is 1.33 bits per heavy atom. The van der Waals surface area contributed by atoms with E-state index in [-0.39, 0.29) is 0 Å². The van der Waals surface area contributed by atoms with Crippen molar-refractivity contribution < 1.29 is 9.47 Å². The monoisotopic (exact) mass is 247 g/mol. The molecule has 2 aliphatic heterocycles. The number of benzene rings is 1. The maximum atomic E-state index is 5.54. The highest BCUT2D eigenvalue weighted by Gasteiger charge is 2.18. The summed E-state index contributed by atoms with van der Waals surface area (Å²) in [7, 11) is 0. The first-order valence-corrected chi connectivity index (χ1v) is 6.92. The first-order valence-electron chi connectivity index (χ1n) is 6.92. The van der Waals surface area contributed by atoms with Crippen molar-refractivity contribution in [2.45, 2.75) is 38.3 Å². The van der Waals surface area contributed by atoms with Crippen LogP contribution in [0.1, 0.15) is 36.9 Å². The zero-order valence-electron chi connectivity index (χ0n) is 10.9. The Balaban J connectivity index is 1.66. The molecule has 2 heterocycles. The van der Waals surface area contributed by atoms with E-state index in [0.717, 1.165) is 32.0 Å². The molecule has 1 N–H and O–H groups in total. The SMILES string of the molecule is CC(NC1CCCOC1)c1ccc2c(c1)CCO2. The molecule has 0 aliphatic carbocycles. The van der Waals surface area contributed by atoms with E-state index in [1.807, 2.05) is 0 Å². The number of rotatable bonds is 3. The number of hydrogen-bond acceptors (Lipinski definition) is 3. The number of fused-ring (bicyclic) bond motifs is 1. The Morgan fingerprint density at radius 2 is 2.28 bits per heavy atom. The van der Waals surface area contributed by atoms with Crippen molar-refractivity contribution in [2.24, 2.45) is 0 Å². The number of hydrogen-bond donors (Lipinski definition) is 1. The van der Waals surface area contributed by atoms with Crippen LogP contribution in [0.5, 0.6) is 5.75 Å². The van der Waals surface area contributed by atoms with Gasteiger partial charge in [0.15, 0.2) is 0 Å². The normalized spacial score (nSPS) is 24.4. The summed E-state index contributed by atoms with van der Waals surface area (Å²) in [5, 5.41) is 3.66. The Labute approximate surface area is 108 Å². The van der Waals surface area contributed by atoms with Gasteiger partial charge in [-0.05, 0) is 37.0 Å². The molecule has 0 bridgehead atoms. The van der Waals surface area contributed by atoms with E-state index in [2.05, 4.69) is 30.4 Å². The average Bonchev–Trinajstić information content (AvgIpc) is 2.87. The highest BCUT2D eigenvalue weighted by molar-refractivity contribution is 5.40. The summed E-state index contributed by atoms with van der Waals surface area (Å²) < 4.78 is 11.1. The van der Waals surface area contributed by atoms with Gasteiger partial charge in [0.2, 0.25) is 0 Å². The van der Waals surface area contributed by atoms with Gasteiger partial charge in [0, 0.05) is 25.1 Å². The molecular formula is C15H21NO2. The summed E-state index contributed by atoms with van der Waals surface area (Å²) in [5.41, 5.74) is 2.70. The van der Waals surface area contributed by atoms with Gasteiger partial charge in [-0.1, -0.05) is 12.1 Å². The molecule has 0 aromatic heterocycles. The Bertz CT molecular complexity index is 413. The zero-order valence-corrected chi connectivity index (χ0v) is 10.9. The molecule has 0 amide bonds. The lowest BCUT2D eigenvalue weighted by Crippen LogP contribution is -2.38. The second-order valence-corrected chi connectivity index (χ2v) is 5.27. The first kappa shape index (κ1) is 12.0. The van der Waals surface area contributed by atoms with Gasteiger partial charge < -0.3 is 14.8 Å². The van der Waals surface area contributed by atoms with Crippen LogP contribution in [-0.2, 0) is 11.2 Å². The fraction of sp³-hybridized carbons (Fsp3) is 0.600. The molecule has 0 spiro atoms. The smallest absolute Gasteiger partial charge is 0.122 e. The topological polar surface area (TPSA) is 30.5 Å². The number of nitrogens with one attached hydrogen (secondary N) is 1. The van der Waals surface area contributed by atoms with Crippen LogP contribution in [0.4, 0.5) is 0 Å². The third kappa shape index (κ3) is 2.52. The highest BCUT2D eigenvalue weighted by atomic mass is 16.5. The minimum absolute atomic E-state index is 0.377. The second kappa shape index (κ2) is 5.29. The third-order valence-corrected chi connectivity index (χ3v) is 3.86. The van der Waals surface area contributed by atoms with Gasteiger partial charge >= 0.3 is 0 Å². The predicted octanol–water partition coefficient (Wildman–Crippen LogP) is 2.45. The molecule has 1 saturated heterocycles. The Hall–Kier alpha value is -1.06. The van der Waals surface area contributed by atoms with Crippen LogP contribution in [0, 0.1) is 0 Å². The lowest BCUT2D eigenvalue weighted by molar-refractivity contribution is 0.0671. The van der Waals surface area contributed by atoms with Crippen LogP contribution >= 0.6 is 0 Å². The maximum absolute atomic E-state index is 5.54.